The summed E-state index contributed by atoms with van der Waals surface area (Å²) in [5, 5.41) is 1.03. The number of aromatic nitrogens is 1. The van der Waals surface area contributed by atoms with Crippen molar-refractivity contribution in [2.75, 3.05) is 0 Å². The van der Waals surface area contributed by atoms with Crippen molar-refractivity contribution >= 4 is 17.4 Å². The Balaban J connectivity index is 2.55. The van der Waals surface area contributed by atoms with Gasteiger partial charge in [0, 0.05) is 17.6 Å². The first-order valence-corrected chi connectivity index (χ1v) is 3.85. The topological polar surface area (TPSA) is 39.2 Å². The zero-order valence-corrected chi connectivity index (χ0v) is 6.81. The summed E-state index contributed by atoms with van der Waals surface area (Å²) in [5.74, 6) is 0.515. The molecular weight excluding hydrogens is 166 g/mol. The van der Waals surface area contributed by atoms with Crippen molar-refractivity contribution < 1.29 is 9.53 Å². The van der Waals surface area contributed by atoms with E-state index in [0.29, 0.717) is 12.2 Å². The van der Waals surface area contributed by atoms with Gasteiger partial charge in [-0.2, -0.15) is 0 Å². The molecule has 0 saturated heterocycles. The Hall–Kier alpha value is -1.90. The SMILES string of the molecule is O=COc1ccc2cccnc2c1. The fourth-order valence-electron chi connectivity index (χ4n) is 1.18. The molecule has 0 aliphatic carbocycles. The highest BCUT2D eigenvalue weighted by molar-refractivity contribution is 5.79. The number of carbonyl (C=O) groups is 1. The van der Waals surface area contributed by atoms with Crippen molar-refractivity contribution in [2.24, 2.45) is 0 Å². The highest BCUT2D eigenvalue weighted by Gasteiger charge is 1.96. The first-order valence-electron chi connectivity index (χ1n) is 3.85. The maximum absolute atomic E-state index is 10.1. The predicted octanol–water partition coefficient (Wildman–Crippen LogP) is 1.77. The molecule has 2 rings (SSSR count). The van der Waals surface area contributed by atoms with Crippen molar-refractivity contribution in [3.8, 4) is 5.75 Å². The summed E-state index contributed by atoms with van der Waals surface area (Å²) in [5.41, 5.74) is 0.821. The maximum atomic E-state index is 10.1. The van der Waals surface area contributed by atoms with E-state index in [4.69, 9.17) is 4.74 Å². The van der Waals surface area contributed by atoms with Gasteiger partial charge in [0.1, 0.15) is 5.75 Å². The van der Waals surface area contributed by atoms with Crippen LogP contribution in [0.25, 0.3) is 10.9 Å². The van der Waals surface area contributed by atoms with E-state index in [1.165, 1.54) is 0 Å². The largest absolute Gasteiger partial charge is 0.429 e. The first kappa shape index (κ1) is 7.73. The molecule has 0 aliphatic rings. The minimum absolute atomic E-state index is 0.407. The van der Waals surface area contributed by atoms with Crippen molar-refractivity contribution in [1.82, 2.24) is 4.98 Å². The van der Waals surface area contributed by atoms with E-state index in [0.717, 1.165) is 10.9 Å². The van der Waals surface area contributed by atoms with Crippen LogP contribution in [-0.2, 0) is 4.79 Å². The second-order valence-corrected chi connectivity index (χ2v) is 2.57. The van der Waals surface area contributed by atoms with Crippen LogP contribution in [0.3, 0.4) is 0 Å². The summed E-state index contributed by atoms with van der Waals surface area (Å²) in [4.78, 5) is 14.2. The van der Waals surface area contributed by atoms with Gasteiger partial charge in [0.25, 0.3) is 6.47 Å². The minimum Gasteiger partial charge on any atom is -0.429 e. The van der Waals surface area contributed by atoms with Gasteiger partial charge in [0.05, 0.1) is 5.52 Å². The van der Waals surface area contributed by atoms with E-state index in [1.54, 1.807) is 18.3 Å². The van der Waals surface area contributed by atoms with Crippen LogP contribution in [0, 0.1) is 0 Å². The monoisotopic (exact) mass is 173 g/mol. The van der Waals surface area contributed by atoms with Crippen LogP contribution in [0.2, 0.25) is 0 Å². The molecule has 0 bridgehead atoms. The molecule has 0 saturated carbocycles. The van der Waals surface area contributed by atoms with Crippen molar-refractivity contribution in [1.29, 1.82) is 0 Å². The van der Waals surface area contributed by atoms with Crippen LogP contribution >= 0.6 is 0 Å². The number of hydrogen-bond donors (Lipinski definition) is 0. The molecule has 3 nitrogen and oxygen atoms in total. The summed E-state index contributed by atoms with van der Waals surface area (Å²) in [6.45, 7) is 0.407. The van der Waals surface area contributed by atoms with E-state index in [2.05, 4.69) is 4.98 Å². The predicted molar refractivity (Wildman–Crippen MR) is 48.4 cm³/mol. The van der Waals surface area contributed by atoms with Gasteiger partial charge in [-0.3, -0.25) is 9.78 Å². The number of benzene rings is 1. The van der Waals surface area contributed by atoms with Gasteiger partial charge in [0.2, 0.25) is 0 Å². The lowest BCUT2D eigenvalue weighted by Crippen LogP contribution is -1.88. The molecule has 0 unspecified atom stereocenters. The number of carbonyl (C=O) groups excluding carboxylic acids is 1. The lowest BCUT2D eigenvalue weighted by molar-refractivity contribution is -0.120. The van der Waals surface area contributed by atoms with E-state index >= 15 is 0 Å². The van der Waals surface area contributed by atoms with Gasteiger partial charge in [-0.25, -0.2) is 0 Å². The molecule has 0 amide bonds. The third kappa shape index (κ3) is 1.49. The number of pyridine rings is 1. The normalized spacial score (nSPS) is 9.85. The number of nitrogens with zero attached hydrogens (tertiary/aromatic N) is 1. The molecule has 2 aromatic rings. The third-order valence-electron chi connectivity index (χ3n) is 1.76. The molecule has 0 atom stereocenters. The molecule has 1 aromatic carbocycles. The van der Waals surface area contributed by atoms with Gasteiger partial charge in [-0.1, -0.05) is 6.07 Å². The molecule has 0 N–H and O–H groups in total. The molecule has 0 radical (unpaired) electrons. The van der Waals surface area contributed by atoms with Crippen molar-refractivity contribution in [2.45, 2.75) is 0 Å². The highest BCUT2D eigenvalue weighted by Crippen LogP contribution is 2.17. The molecule has 0 fully saturated rings. The third-order valence-corrected chi connectivity index (χ3v) is 1.76. The number of hydrogen-bond acceptors (Lipinski definition) is 3. The quantitative estimate of drug-likeness (QED) is 0.649. The Morgan fingerprint density at radius 2 is 2.23 bits per heavy atom. The van der Waals surface area contributed by atoms with Gasteiger partial charge in [0.15, 0.2) is 0 Å². The fraction of sp³-hybridized carbons (Fsp3) is 0. The molecule has 0 aliphatic heterocycles. The molecule has 13 heavy (non-hydrogen) atoms. The summed E-state index contributed by atoms with van der Waals surface area (Å²) in [6, 6.07) is 9.14. The van der Waals surface area contributed by atoms with Gasteiger partial charge < -0.3 is 4.74 Å². The highest BCUT2D eigenvalue weighted by atomic mass is 16.5. The average molecular weight is 173 g/mol. The molecule has 0 spiro atoms. The maximum Gasteiger partial charge on any atom is 0.298 e. The van der Waals surface area contributed by atoms with Crippen molar-refractivity contribution in [3.63, 3.8) is 0 Å². The van der Waals surface area contributed by atoms with Gasteiger partial charge in [-0.05, 0) is 18.2 Å². The zero-order chi connectivity index (χ0) is 9.10. The smallest absolute Gasteiger partial charge is 0.298 e. The van der Waals surface area contributed by atoms with Gasteiger partial charge >= 0.3 is 0 Å². The molecule has 1 heterocycles. The van der Waals surface area contributed by atoms with Crippen molar-refractivity contribution in [3.05, 3.63) is 36.5 Å². The van der Waals surface area contributed by atoms with E-state index in [9.17, 15) is 4.79 Å². The molecule has 3 heteroatoms. The van der Waals surface area contributed by atoms with E-state index in [-0.39, 0.29) is 0 Å². The molecule has 1 aromatic heterocycles. The average Bonchev–Trinajstić information content (AvgIpc) is 2.18. The number of ether oxygens (including phenoxy) is 1. The summed E-state index contributed by atoms with van der Waals surface area (Å²) in [6.07, 6.45) is 1.70. The second kappa shape index (κ2) is 3.23. The van der Waals surface area contributed by atoms with Crippen LogP contribution in [0.1, 0.15) is 0 Å². The standard InChI is InChI=1S/C10H7NO2/c12-7-13-9-4-3-8-2-1-5-11-10(8)6-9/h1-7H. The Labute approximate surface area is 75.0 Å². The fourth-order valence-corrected chi connectivity index (χ4v) is 1.18. The Bertz CT molecular complexity index is 440. The summed E-state index contributed by atoms with van der Waals surface area (Å²) < 4.78 is 4.69. The Kier molecular flexibility index (Phi) is 1.92. The molecule has 64 valence electrons. The van der Waals surface area contributed by atoms with Crippen LogP contribution in [0.4, 0.5) is 0 Å². The van der Waals surface area contributed by atoms with Gasteiger partial charge in [-0.15, -0.1) is 0 Å². The Morgan fingerprint density at radius 3 is 3.08 bits per heavy atom. The lowest BCUT2D eigenvalue weighted by Gasteiger charge is -1.99. The minimum atomic E-state index is 0.407. The summed E-state index contributed by atoms with van der Waals surface area (Å²) >= 11 is 0. The molecular formula is C10H7NO2. The van der Waals surface area contributed by atoms with E-state index in [1.807, 2.05) is 18.2 Å². The lowest BCUT2D eigenvalue weighted by atomic mass is 10.2. The van der Waals surface area contributed by atoms with Crippen LogP contribution in [0.5, 0.6) is 5.75 Å². The van der Waals surface area contributed by atoms with Crippen LogP contribution < -0.4 is 4.74 Å². The van der Waals surface area contributed by atoms with E-state index < -0.39 is 0 Å². The van der Waals surface area contributed by atoms with Crippen LogP contribution in [0.15, 0.2) is 36.5 Å². The first-order chi connectivity index (χ1) is 6.40. The summed E-state index contributed by atoms with van der Waals surface area (Å²) in [7, 11) is 0. The number of rotatable bonds is 2. The Morgan fingerprint density at radius 1 is 1.31 bits per heavy atom. The second-order valence-electron chi connectivity index (χ2n) is 2.57. The van der Waals surface area contributed by atoms with Crippen LogP contribution in [-0.4, -0.2) is 11.5 Å². The zero-order valence-electron chi connectivity index (χ0n) is 6.81. The number of fused-ring (bicyclic) bond motifs is 1.